The molecule has 1 saturated carbocycles. The lowest BCUT2D eigenvalue weighted by Gasteiger charge is -2.43. The molecule has 0 aromatic rings. The van der Waals surface area contributed by atoms with Gasteiger partial charge in [0.05, 0.1) is 6.10 Å². The number of carbonyl (C=O) groups is 2. The molecule has 0 amide bonds. The molecule has 0 radical (unpaired) electrons. The van der Waals surface area contributed by atoms with Crippen LogP contribution >= 0.6 is 0 Å². The molecule has 0 aromatic carbocycles. The zero-order valence-electron chi connectivity index (χ0n) is 16.1. The normalized spacial score (nSPS) is 31.1. The second kappa shape index (κ2) is 9.41. The number of hydrogen-bond donors (Lipinski definition) is 2. The molecule has 0 aromatic heterocycles. The highest BCUT2D eigenvalue weighted by Crippen LogP contribution is 2.49. The van der Waals surface area contributed by atoms with Crippen LogP contribution in [0.15, 0.2) is 0 Å². The molecule has 1 saturated heterocycles. The molecule has 2 fully saturated rings. The summed E-state index contributed by atoms with van der Waals surface area (Å²) in [6.45, 7) is 1.82. The third-order valence-corrected chi connectivity index (χ3v) is 6.04. The number of fused-ring (bicyclic) bond motifs is 1. The summed E-state index contributed by atoms with van der Waals surface area (Å²) in [6, 6.07) is 0. The SMILES string of the molecule is CCCCC(F)(F)[C@@]1(O)CC[C@@H]2C(CCCCCCC(=O)O)C(=O)C[C@@H]2O1. The maximum Gasteiger partial charge on any atom is 0.303 e. The molecule has 2 aliphatic rings. The summed E-state index contributed by atoms with van der Waals surface area (Å²) >= 11 is 0. The summed E-state index contributed by atoms with van der Waals surface area (Å²) in [5.41, 5.74) is 0. The lowest BCUT2D eigenvalue weighted by atomic mass is 9.81. The first kappa shape index (κ1) is 22.2. The van der Waals surface area contributed by atoms with E-state index in [1.54, 1.807) is 0 Å². The molecule has 2 rings (SSSR count). The molecular weight excluding hydrogens is 358 g/mol. The van der Waals surface area contributed by atoms with Gasteiger partial charge < -0.3 is 14.9 Å². The molecule has 1 aliphatic carbocycles. The second-order valence-electron chi connectivity index (χ2n) is 8.07. The zero-order valence-corrected chi connectivity index (χ0v) is 16.1. The van der Waals surface area contributed by atoms with Crippen LogP contribution in [0.4, 0.5) is 8.78 Å². The van der Waals surface area contributed by atoms with Crippen LogP contribution in [0.5, 0.6) is 0 Å². The first-order valence-electron chi connectivity index (χ1n) is 10.2. The van der Waals surface area contributed by atoms with Crippen molar-refractivity contribution in [3.05, 3.63) is 0 Å². The smallest absolute Gasteiger partial charge is 0.303 e. The van der Waals surface area contributed by atoms with Gasteiger partial charge in [-0.25, -0.2) is 8.78 Å². The van der Waals surface area contributed by atoms with E-state index in [9.17, 15) is 23.5 Å². The highest BCUT2D eigenvalue weighted by molar-refractivity contribution is 5.84. The van der Waals surface area contributed by atoms with Crippen LogP contribution in [0, 0.1) is 11.8 Å². The number of ether oxygens (including phenoxy) is 1. The number of rotatable bonds is 11. The highest BCUT2D eigenvalue weighted by atomic mass is 19.3. The van der Waals surface area contributed by atoms with Gasteiger partial charge in [0.1, 0.15) is 5.78 Å². The lowest BCUT2D eigenvalue weighted by Crippen LogP contribution is -2.55. The number of unbranched alkanes of at least 4 members (excludes halogenated alkanes) is 4. The van der Waals surface area contributed by atoms with Crippen molar-refractivity contribution in [3.8, 4) is 0 Å². The molecule has 1 aliphatic heterocycles. The van der Waals surface area contributed by atoms with Gasteiger partial charge in [-0.15, -0.1) is 0 Å². The average molecular weight is 390 g/mol. The largest absolute Gasteiger partial charge is 0.481 e. The molecule has 27 heavy (non-hydrogen) atoms. The summed E-state index contributed by atoms with van der Waals surface area (Å²) < 4.78 is 34.3. The van der Waals surface area contributed by atoms with Gasteiger partial charge in [0.25, 0.3) is 0 Å². The van der Waals surface area contributed by atoms with Crippen molar-refractivity contribution in [1.29, 1.82) is 0 Å². The Kier molecular flexibility index (Phi) is 7.74. The maximum absolute atomic E-state index is 14.4. The van der Waals surface area contributed by atoms with Crippen molar-refractivity contribution in [1.82, 2.24) is 0 Å². The predicted molar refractivity (Wildman–Crippen MR) is 95.5 cm³/mol. The average Bonchev–Trinajstić information content (AvgIpc) is 2.90. The third-order valence-electron chi connectivity index (χ3n) is 6.04. The van der Waals surface area contributed by atoms with Gasteiger partial charge in [0.2, 0.25) is 5.79 Å². The van der Waals surface area contributed by atoms with E-state index in [1.165, 1.54) is 0 Å². The minimum absolute atomic E-state index is 0.0386. The number of aliphatic hydroxyl groups is 1. The van der Waals surface area contributed by atoms with Crippen molar-refractivity contribution in [2.75, 3.05) is 0 Å². The van der Waals surface area contributed by atoms with E-state index in [0.29, 0.717) is 32.1 Å². The number of carboxylic acids is 1. The zero-order chi connectivity index (χ0) is 20.1. The van der Waals surface area contributed by atoms with Crippen LogP contribution < -0.4 is 0 Å². The van der Waals surface area contributed by atoms with Crippen LogP contribution in [0.3, 0.4) is 0 Å². The number of aliphatic carboxylic acids is 1. The minimum atomic E-state index is -3.31. The maximum atomic E-state index is 14.4. The van der Waals surface area contributed by atoms with Crippen LogP contribution in [0.1, 0.15) is 84.0 Å². The van der Waals surface area contributed by atoms with E-state index in [1.807, 2.05) is 6.92 Å². The van der Waals surface area contributed by atoms with Gasteiger partial charge in [-0.05, 0) is 31.6 Å². The fourth-order valence-corrected chi connectivity index (χ4v) is 4.42. The van der Waals surface area contributed by atoms with Crippen molar-refractivity contribution in [3.63, 3.8) is 0 Å². The number of ketones is 1. The standard InChI is InChI=1S/C20H32F2O5/c1-2-3-11-19(21,22)20(26)12-10-15-14(16(23)13-17(15)27-20)8-6-4-5-7-9-18(24)25/h14-15,17,26H,2-13H2,1H3,(H,24,25)/t14?,15-,17+,20-/m1/s1. The molecule has 0 spiro atoms. The van der Waals surface area contributed by atoms with Gasteiger partial charge in [-0.1, -0.05) is 32.6 Å². The van der Waals surface area contributed by atoms with Gasteiger partial charge in [0, 0.05) is 31.6 Å². The molecule has 4 atom stereocenters. The van der Waals surface area contributed by atoms with Crippen LogP contribution in [-0.4, -0.2) is 39.8 Å². The third kappa shape index (κ3) is 5.47. The van der Waals surface area contributed by atoms with Crippen molar-refractivity contribution in [2.24, 2.45) is 11.8 Å². The quantitative estimate of drug-likeness (QED) is 0.514. The Bertz CT molecular complexity index is 525. The van der Waals surface area contributed by atoms with E-state index >= 15 is 0 Å². The van der Waals surface area contributed by atoms with E-state index in [4.69, 9.17) is 9.84 Å². The van der Waals surface area contributed by atoms with E-state index < -0.39 is 30.2 Å². The van der Waals surface area contributed by atoms with E-state index in [0.717, 1.165) is 19.3 Å². The highest BCUT2D eigenvalue weighted by Gasteiger charge is 2.59. The summed E-state index contributed by atoms with van der Waals surface area (Å²) in [6.07, 6.45) is 4.17. The van der Waals surface area contributed by atoms with Crippen molar-refractivity contribution in [2.45, 2.75) is 102 Å². The molecule has 5 nitrogen and oxygen atoms in total. The molecule has 156 valence electrons. The van der Waals surface area contributed by atoms with E-state index in [2.05, 4.69) is 0 Å². The summed E-state index contributed by atoms with van der Waals surface area (Å²) in [7, 11) is 0. The summed E-state index contributed by atoms with van der Waals surface area (Å²) in [5, 5.41) is 19.1. The molecule has 0 bridgehead atoms. The lowest BCUT2D eigenvalue weighted by molar-refractivity contribution is -0.356. The number of carbonyl (C=O) groups excluding carboxylic acids is 1. The first-order chi connectivity index (χ1) is 12.7. The molecule has 7 heteroatoms. The molecule has 1 unspecified atom stereocenters. The minimum Gasteiger partial charge on any atom is -0.481 e. The van der Waals surface area contributed by atoms with Crippen LogP contribution in [0.25, 0.3) is 0 Å². The Morgan fingerprint density at radius 1 is 1.26 bits per heavy atom. The Morgan fingerprint density at radius 3 is 2.63 bits per heavy atom. The second-order valence-corrected chi connectivity index (χ2v) is 8.07. The van der Waals surface area contributed by atoms with Crippen LogP contribution in [-0.2, 0) is 14.3 Å². The number of hydrogen-bond acceptors (Lipinski definition) is 4. The topological polar surface area (TPSA) is 83.8 Å². The van der Waals surface area contributed by atoms with Gasteiger partial charge in [-0.3, -0.25) is 9.59 Å². The van der Waals surface area contributed by atoms with Crippen LogP contribution in [0.2, 0.25) is 0 Å². The predicted octanol–water partition coefficient (Wildman–Crippen LogP) is 4.31. The Labute approximate surface area is 159 Å². The fraction of sp³-hybridized carbons (Fsp3) is 0.900. The summed E-state index contributed by atoms with van der Waals surface area (Å²) in [4.78, 5) is 22.8. The van der Waals surface area contributed by atoms with Crippen molar-refractivity contribution >= 4 is 11.8 Å². The molecule has 2 N–H and O–H groups in total. The molecule has 1 heterocycles. The van der Waals surface area contributed by atoms with Gasteiger partial charge >= 0.3 is 11.9 Å². The Morgan fingerprint density at radius 2 is 1.96 bits per heavy atom. The Balaban J connectivity index is 1.84. The monoisotopic (exact) mass is 390 g/mol. The number of Topliss-reactive ketones (excluding diaryl/α,β-unsaturated/α-hetero) is 1. The number of carboxylic acid groups (broad SMARTS) is 1. The van der Waals surface area contributed by atoms with Crippen molar-refractivity contribution < 1.29 is 33.3 Å². The summed E-state index contributed by atoms with van der Waals surface area (Å²) in [5.74, 6) is -6.82. The van der Waals surface area contributed by atoms with Gasteiger partial charge in [-0.2, -0.15) is 0 Å². The fourth-order valence-electron chi connectivity index (χ4n) is 4.42. The first-order valence-corrected chi connectivity index (χ1v) is 10.2. The number of alkyl halides is 2. The Hall–Kier alpha value is -1.08. The van der Waals surface area contributed by atoms with Gasteiger partial charge in [0.15, 0.2) is 0 Å². The molecular formula is C20H32F2O5. The van der Waals surface area contributed by atoms with E-state index in [-0.39, 0.29) is 36.9 Å². The number of halogens is 2.